The number of aromatic nitrogens is 4. The molecule has 0 aliphatic heterocycles. The van der Waals surface area contributed by atoms with Crippen molar-refractivity contribution < 1.29 is 4.79 Å². The van der Waals surface area contributed by atoms with Crippen molar-refractivity contribution in [1.29, 1.82) is 0 Å². The van der Waals surface area contributed by atoms with E-state index in [1.165, 1.54) is 23.1 Å². The molecule has 9 heteroatoms. The van der Waals surface area contributed by atoms with Crippen LogP contribution in [0.1, 0.15) is 20.3 Å². The molecule has 0 bridgehead atoms. The van der Waals surface area contributed by atoms with E-state index in [0.717, 1.165) is 4.57 Å². The lowest BCUT2D eigenvalue weighted by Gasteiger charge is -2.03. The Balaban J connectivity index is 2.55. The summed E-state index contributed by atoms with van der Waals surface area (Å²) in [5.74, 6) is 0.320. The molecule has 22 heavy (non-hydrogen) atoms. The molecule has 9 nitrogen and oxygen atoms in total. The molecule has 0 radical (unpaired) electrons. The first-order valence-electron chi connectivity index (χ1n) is 6.65. The fraction of sp³-hybridized carbons (Fsp3) is 0.462. The normalized spacial score (nSPS) is 12.0. The number of rotatable bonds is 4. The van der Waals surface area contributed by atoms with Gasteiger partial charge in [0.05, 0.1) is 0 Å². The number of nitrogens with zero attached hydrogens (tertiary/aromatic N) is 5. The van der Waals surface area contributed by atoms with Gasteiger partial charge in [-0.05, 0) is 13.8 Å². The minimum atomic E-state index is -0.446. The first kappa shape index (κ1) is 15.7. The number of aryl methyl sites for hydroxylation is 2. The Kier molecular flexibility index (Phi) is 3.98. The van der Waals surface area contributed by atoms with Crippen LogP contribution >= 0.6 is 0 Å². The number of Topliss-reactive ketones (excluding diaryl/α,β-unsaturated/α-hetero) is 1. The van der Waals surface area contributed by atoms with Crippen molar-refractivity contribution in [2.45, 2.75) is 20.3 Å². The van der Waals surface area contributed by atoms with Crippen LogP contribution in [0.15, 0.2) is 14.7 Å². The summed E-state index contributed by atoms with van der Waals surface area (Å²) in [6, 6.07) is 0. The number of hydrazone groups is 1. The van der Waals surface area contributed by atoms with E-state index in [0.29, 0.717) is 17.2 Å². The average molecular weight is 306 g/mol. The summed E-state index contributed by atoms with van der Waals surface area (Å²) in [7, 11) is 4.61. The molecule has 0 atom stereocenters. The molecule has 2 heterocycles. The van der Waals surface area contributed by atoms with Gasteiger partial charge in [-0.2, -0.15) is 10.1 Å². The van der Waals surface area contributed by atoms with Crippen LogP contribution in [0.5, 0.6) is 0 Å². The second kappa shape index (κ2) is 5.58. The topological polar surface area (TPSA) is 103 Å². The molecule has 0 spiro atoms. The van der Waals surface area contributed by atoms with Crippen molar-refractivity contribution in [1.82, 2.24) is 18.7 Å². The molecule has 0 amide bonds. The zero-order chi connectivity index (χ0) is 16.6. The molecule has 0 fully saturated rings. The molecule has 2 aromatic rings. The number of hydrogen-bond donors (Lipinski definition) is 1. The van der Waals surface area contributed by atoms with Gasteiger partial charge >= 0.3 is 5.69 Å². The Bertz CT molecular complexity index is 899. The van der Waals surface area contributed by atoms with Crippen LogP contribution in [0, 0.1) is 0 Å². The molecule has 0 unspecified atom stereocenters. The molecule has 0 aliphatic carbocycles. The van der Waals surface area contributed by atoms with E-state index in [1.807, 2.05) is 0 Å². The molecule has 2 aromatic heterocycles. The number of nitrogens with one attached hydrogen (secondary N) is 1. The maximum atomic E-state index is 12.2. The summed E-state index contributed by atoms with van der Waals surface area (Å²) in [6.07, 6.45) is 0.233. The summed E-state index contributed by atoms with van der Waals surface area (Å²) >= 11 is 0. The Hall–Kier alpha value is -2.71. The molecule has 0 saturated carbocycles. The van der Waals surface area contributed by atoms with Gasteiger partial charge in [0.1, 0.15) is 5.78 Å². The van der Waals surface area contributed by atoms with Crippen molar-refractivity contribution in [2.75, 3.05) is 5.43 Å². The van der Waals surface area contributed by atoms with E-state index in [-0.39, 0.29) is 17.9 Å². The van der Waals surface area contributed by atoms with Gasteiger partial charge in [0.25, 0.3) is 5.56 Å². The fourth-order valence-corrected chi connectivity index (χ4v) is 2.16. The zero-order valence-electron chi connectivity index (χ0n) is 13.2. The van der Waals surface area contributed by atoms with Gasteiger partial charge in [-0.15, -0.1) is 0 Å². The average Bonchev–Trinajstić information content (AvgIpc) is 2.77. The quantitative estimate of drug-likeness (QED) is 0.619. The standard InChI is InChI=1S/C13H18N6O3/c1-7(6-8(2)20)15-16-12-14-10-9(17(12)3)11(21)19(5)13(22)18(10)4/h6H2,1-5H3,(H,14,16)/b15-7-. The van der Waals surface area contributed by atoms with Gasteiger partial charge in [0.15, 0.2) is 11.2 Å². The number of carbonyl (C=O) groups is 1. The highest BCUT2D eigenvalue weighted by Crippen LogP contribution is 2.13. The van der Waals surface area contributed by atoms with E-state index in [2.05, 4.69) is 15.5 Å². The predicted molar refractivity (Wildman–Crippen MR) is 83.2 cm³/mol. The molecule has 0 saturated heterocycles. The van der Waals surface area contributed by atoms with Crippen molar-refractivity contribution in [2.24, 2.45) is 26.2 Å². The highest BCUT2D eigenvalue weighted by Gasteiger charge is 2.16. The molecule has 2 rings (SSSR count). The van der Waals surface area contributed by atoms with Gasteiger partial charge in [-0.3, -0.25) is 18.7 Å². The smallest absolute Gasteiger partial charge is 0.306 e. The highest BCUT2D eigenvalue weighted by molar-refractivity contribution is 5.99. The Labute approximate surface area is 125 Å². The van der Waals surface area contributed by atoms with Crippen LogP contribution in [0.3, 0.4) is 0 Å². The summed E-state index contributed by atoms with van der Waals surface area (Å²) in [4.78, 5) is 39.4. The molecular formula is C13H18N6O3. The predicted octanol–water partition coefficient (Wildman–Crippen LogP) is -0.262. The van der Waals surface area contributed by atoms with Gasteiger partial charge in [0.2, 0.25) is 5.95 Å². The number of anilines is 1. The second-order valence-electron chi connectivity index (χ2n) is 5.21. The van der Waals surface area contributed by atoms with E-state index in [1.54, 1.807) is 21.0 Å². The van der Waals surface area contributed by atoms with Gasteiger partial charge in [-0.25, -0.2) is 10.2 Å². The first-order valence-corrected chi connectivity index (χ1v) is 6.65. The third-order valence-electron chi connectivity index (χ3n) is 3.33. The third-order valence-corrected chi connectivity index (χ3v) is 3.33. The molecule has 0 aliphatic rings. The maximum Gasteiger partial charge on any atom is 0.332 e. The molecular weight excluding hydrogens is 288 g/mol. The van der Waals surface area contributed by atoms with E-state index in [4.69, 9.17) is 0 Å². The number of fused-ring (bicyclic) bond motifs is 1. The van der Waals surface area contributed by atoms with Crippen LogP contribution in [0.2, 0.25) is 0 Å². The minimum absolute atomic E-state index is 0.00400. The monoisotopic (exact) mass is 306 g/mol. The Morgan fingerprint density at radius 3 is 2.36 bits per heavy atom. The Morgan fingerprint density at radius 1 is 1.14 bits per heavy atom. The summed E-state index contributed by atoms with van der Waals surface area (Å²) in [6.45, 7) is 3.19. The van der Waals surface area contributed by atoms with Crippen LogP contribution < -0.4 is 16.7 Å². The number of ketones is 1. The fourth-order valence-electron chi connectivity index (χ4n) is 2.16. The third kappa shape index (κ3) is 2.57. The van der Waals surface area contributed by atoms with Crippen molar-refractivity contribution >= 4 is 28.6 Å². The SMILES string of the molecule is CC(=O)C/C(C)=N\Nc1nc2c(c(=O)n(C)c(=O)n2C)n1C. The van der Waals surface area contributed by atoms with Crippen molar-refractivity contribution in [3.05, 3.63) is 20.8 Å². The largest absolute Gasteiger partial charge is 0.332 e. The number of hydrogen-bond acceptors (Lipinski definition) is 6. The summed E-state index contributed by atoms with van der Waals surface area (Å²) < 4.78 is 3.85. The summed E-state index contributed by atoms with van der Waals surface area (Å²) in [5.41, 5.74) is 3.03. The summed E-state index contributed by atoms with van der Waals surface area (Å²) in [5, 5.41) is 4.06. The van der Waals surface area contributed by atoms with Crippen molar-refractivity contribution in [3.63, 3.8) is 0 Å². The second-order valence-corrected chi connectivity index (χ2v) is 5.21. The molecule has 1 N–H and O–H groups in total. The number of imidazole rings is 1. The van der Waals surface area contributed by atoms with Crippen LogP contribution in [0.25, 0.3) is 11.2 Å². The molecule has 118 valence electrons. The highest BCUT2D eigenvalue weighted by atomic mass is 16.2. The van der Waals surface area contributed by atoms with Gasteiger partial charge in [-0.1, -0.05) is 0 Å². The van der Waals surface area contributed by atoms with Gasteiger partial charge in [0, 0.05) is 33.3 Å². The lowest BCUT2D eigenvalue weighted by molar-refractivity contribution is -0.115. The lowest BCUT2D eigenvalue weighted by Crippen LogP contribution is -2.37. The first-order chi connectivity index (χ1) is 10.2. The van der Waals surface area contributed by atoms with Gasteiger partial charge < -0.3 is 4.57 Å². The van der Waals surface area contributed by atoms with Crippen LogP contribution in [0.4, 0.5) is 5.95 Å². The van der Waals surface area contributed by atoms with E-state index >= 15 is 0 Å². The van der Waals surface area contributed by atoms with E-state index < -0.39 is 11.2 Å². The maximum absolute atomic E-state index is 12.2. The van der Waals surface area contributed by atoms with Crippen LogP contribution in [-0.2, 0) is 25.9 Å². The van der Waals surface area contributed by atoms with E-state index in [9.17, 15) is 14.4 Å². The molecule has 0 aromatic carbocycles. The minimum Gasteiger partial charge on any atom is -0.306 e. The lowest BCUT2D eigenvalue weighted by atomic mass is 10.2. The van der Waals surface area contributed by atoms with Crippen LogP contribution in [-0.4, -0.2) is 30.2 Å². The zero-order valence-corrected chi connectivity index (χ0v) is 13.2. The number of carbonyl (C=O) groups excluding carboxylic acids is 1. The Morgan fingerprint density at radius 2 is 1.77 bits per heavy atom. The van der Waals surface area contributed by atoms with Crippen molar-refractivity contribution in [3.8, 4) is 0 Å².